The summed E-state index contributed by atoms with van der Waals surface area (Å²) >= 11 is 19.4. The molecule has 1 aromatic carbocycles. The number of nitrogens with zero attached hydrogens (tertiary/aromatic N) is 2. The normalized spacial score (nSPS) is 12.5. The van der Waals surface area contributed by atoms with Gasteiger partial charge in [0.1, 0.15) is 10.4 Å². The summed E-state index contributed by atoms with van der Waals surface area (Å²) < 4.78 is 25.0. The van der Waals surface area contributed by atoms with Crippen molar-refractivity contribution in [2.45, 2.75) is 17.4 Å². The lowest BCUT2D eigenvalue weighted by atomic mass is 10.0. The van der Waals surface area contributed by atoms with Gasteiger partial charge in [-0.25, -0.2) is 13.4 Å². The second-order valence-corrected chi connectivity index (χ2v) is 10.8. The molecule has 0 aliphatic rings. The van der Waals surface area contributed by atoms with Gasteiger partial charge in [-0.1, -0.05) is 52.2 Å². The summed E-state index contributed by atoms with van der Waals surface area (Å²) in [5.74, 6) is -0.564. The van der Waals surface area contributed by atoms with Crippen LogP contribution in [0.1, 0.15) is 11.6 Å². The van der Waals surface area contributed by atoms with Crippen LogP contribution in [0.25, 0.3) is 0 Å². The Morgan fingerprint density at radius 2 is 1.90 bits per heavy atom. The van der Waals surface area contributed by atoms with E-state index in [1.54, 1.807) is 18.2 Å². The van der Waals surface area contributed by atoms with E-state index >= 15 is 0 Å². The Hall–Kier alpha value is -1.91. The number of pyridine rings is 1. The third-order valence-electron chi connectivity index (χ3n) is 4.15. The zero-order valence-electron chi connectivity index (χ0n) is 15.3. The lowest BCUT2D eigenvalue weighted by molar-refractivity contribution is -0.119. The fourth-order valence-corrected chi connectivity index (χ4v) is 4.69. The molecule has 2 heterocycles. The minimum absolute atomic E-state index is 0.0123. The van der Waals surface area contributed by atoms with E-state index in [0.29, 0.717) is 19.9 Å². The zero-order valence-corrected chi connectivity index (χ0v) is 19.2. The van der Waals surface area contributed by atoms with E-state index in [-0.39, 0.29) is 16.4 Å². The topological polar surface area (TPSA) is 98.1 Å². The maximum Gasteiger partial charge on any atom is 0.252 e. The van der Waals surface area contributed by atoms with Crippen LogP contribution in [0, 0.1) is 0 Å². The fourth-order valence-electron chi connectivity index (χ4n) is 2.70. The van der Waals surface area contributed by atoms with Gasteiger partial charge in [-0.05, 0) is 23.8 Å². The van der Waals surface area contributed by atoms with E-state index in [1.165, 1.54) is 18.5 Å². The molecule has 1 amide bonds. The standard InChI is InChI=1S/C18H14Cl3N3O4S2/c1-30(27,28)10-5-6-24(16(25)7-10)14(8-11-12(19)3-2-4-13(11)20)17(26)23-18-22-9-15(21)29-18/h2-7,9,14H,8H2,1H3,(H,22,23,26). The Kier molecular flexibility index (Phi) is 6.88. The van der Waals surface area contributed by atoms with Crippen molar-refractivity contribution in [2.75, 3.05) is 11.6 Å². The average molecular weight is 507 g/mol. The molecule has 0 radical (unpaired) electrons. The number of sulfone groups is 1. The Bertz CT molecular complexity index is 1250. The largest absolute Gasteiger partial charge is 0.303 e. The van der Waals surface area contributed by atoms with Gasteiger partial charge in [0.05, 0.1) is 11.1 Å². The molecule has 0 bridgehead atoms. The molecule has 12 heteroatoms. The number of hydrogen-bond donors (Lipinski definition) is 1. The van der Waals surface area contributed by atoms with E-state index in [4.69, 9.17) is 34.8 Å². The van der Waals surface area contributed by atoms with Gasteiger partial charge in [-0.2, -0.15) is 0 Å². The summed E-state index contributed by atoms with van der Waals surface area (Å²) in [5, 5.41) is 3.53. The molecule has 0 aliphatic heterocycles. The number of amides is 1. The van der Waals surface area contributed by atoms with E-state index < -0.39 is 27.3 Å². The van der Waals surface area contributed by atoms with E-state index in [1.807, 2.05) is 0 Å². The van der Waals surface area contributed by atoms with E-state index in [9.17, 15) is 18.0 Å². The second kappa shape index (κ2) is 9.07. The first-order valence-corrected chi connectivity index (χ1v) is 12.2. The molecule has 3 aromatic rings. The number of halogens is 3. The number of benzene rings is 1. The maximum absolute atomic E-state index is 13.0. The fraction of sp³-hybridized carbons (Fsp3) is 0.167. The number of hydrogen-bond acceptors (Lipinski definition) is 6. The third-order valence-corrected chi connectivity index (χ3v) is 7.00. The van der Waals surface area contributed by atoms with Crippen molar-refractivity contribution in [3.8, 4) is 0 Å². The smallest absolute Gasteiger partial charge is 0.252 e. The highest BCUT2D eigenvalue weighted by molar-refractivity contribution is 7.90. The molecule has 7 nitrogen and oxygen atoms in total. The van der Waals surface area contributed by atoms with Crippen molar-refractivity contribution in [3.63, 3.8) is 0 Å². The van der Waals surface area contributed by atoms with Crippen molar-refractivity contribution in [1.82, 2.24) is 9.55 Å². The Labute approximate surface area is 191 Å². The predicted octanol–water partition coefficient (Wildman–Crippen LogP) is 4.09. The molecule has 0 spiro atoms. The van der Waals surface area contributed by atoms with Gasteiger partial charge in [-0.3, -0.25) is 9.59 Å². The van der Waals surface area contributed by atoms with Crippen molar-refractivity contribution in [2.24, 2.45) is 0 Å². The molecule has 1 N–H and O–H groups in total. The summed E-state index contributed by atoms with van der Waals surface area (Å²) in [6, 6.07) is 6.04. The Morgan fingerprint density at radius 1 is 1.23 bits per heavy atom. The van der Waals surface area contributed by atoms with Gasteiger partial charge in [0.15, 0.2) is 15.0 Å². The molecule has 158 valence electrons. The van der Waals surface area contributed by atoms with Crippen LogP contribution in [0.3, 0.4) is 0 Å². The molecule has 0 aliphatic carbocycles. The van der Waals surface area contributed by atoms with Crippen molar-refractivity contribution < 1.29 is 13.2 Å². The van der Waals surface area contributed by atoms with Crippen molar-refractivity contribution in [1.29, 1.82) is 0 Å². The van der Waals surface area contributed by atoms with E-state index in [2.05, 4.69) is 10.3 Å². The van der Waals surface area contributed by atoms with Gasteiger partial charge in [0.2, 0.25) is 5.91 Å². The van der Waals surface area contributed by atoms with Crippen LogP contribution in [-0.4, -0.2) is 30.1 Å². The summed E-state index contributed by atoms with van der Waals surface area (Å²) in [6.45, 7) is 0. The summed E-state index contributed by atoms with van der Waals surface area (Å²) in [7, 11) is -3.59. The van der Waals surface area contributed by atoms with Crippen LogP contribution in [0.5, 0.6) is 0 Å². The molecule has 2 aromatic heterocycles. The first-order valence-electron chi connectivity index (χ1n) is 8.33. The number of carbonyl (C=O) groups is 1. The van der Waals surface area contributed by atoms with Crippen LogP contribution in [0.4, 0.5) is 5.13 Å². The molecule has 30 heavy (non-hydrogen) atoms. The zero-order chi connectivity index (χ0) is 22.1. The molecular formula is C18H14Cl3N3O4S2. The number of nitrogens with one attached hydrogen (secondary N) is 1. The van der Waals surface area contributed by atoms with Crippen LogP contribution < -0.4 is 10.9 Å². The van der Waals surface area contributed by atoms with Crippen LogP contribution in [0.2, 0.25) is 14.4 Å². The van der Waals surface area contributed by atoms with Crippen molar-refractivity contribution >= 4 is 67.0 Å². The lowest BCUT2D eigenvalue weighted by Crippen LogP contribution is -2.34. The minimum atomic E-state index is -3.59. The summed E-state index contributed by atoms with van der Waals surface area (Å²) in [6.07, 6.45) is 3.62. The predicted molar refractivity (Wildman–Crippen MR) is 119 cm³/mol. The first kappa shape index (κ1) is 22.8. The summed E-state index contributed by atoms with van der Waals surface area (Å²) in [4.78, 5) is 29.5. The maximum atomic E-state index is 13.0. The van der Waals surface area contributed by atoms with Crippen LogP contribution in [0.15, 0.2) is 52.4 Å². The monoisotopic (exact) mass is 505 g/mol. The van der Waals surface area contributed by atoms with Crippen molar-refractivity contribution in [3.05, 3.63) is 73.0 Å². The molecule has 1 atom stereocenters. The first-order chi connectivity index (χ1) is 14.1. The molecule has 0 fully saturated rings. The molecule has 1 unspecified atom stereocenters. The molecule has 3 rings (SSSR count). The lowest BCUT2D eigenvalue weighted by Gasteiger charge is -2.20. The highest BCUT2D eigenvalue weighted by Gasteiger charge is 2.26. The molecule has 0 saturated carbocycles. The highest BCUT2D eigenvalue weighted by atomic mass is 35.5. The van der Waals surface area contributed by atoms with Gasteiger partial charge in [-0.15, -0.1) is 0 Å². The number of rotatable bonds is 6. The number of anilines is 1. The number of aromatic nitrogens is 2. The van der Waals surface area contributed by atoms with Crippen LogP contribution in [-0.2, 0) is 21.1 Å². The molecule has 0 saturated heterocycles. The van der Waals surface area contributed by atoms with Gasteiger partial charge >= 0.3 is 0 Å². The molecular weight excluding hydrogens is 493 g/mol. The van der Waals surface area contributed by atoms with Gasteiger partial charge in [0.25, 0.3) is 5.56 Å². The quantitative estimate of drug-likeness (QED) is 0.543. The highest BCUT2D eigenvalue weighted by Crippen LogP contribution is 2.29. The van der Waals surface area contributed by atoms with Gasteiger partial charge in [0, 0.05) is 35.0 Å². The summed E-state index contributed by atoms with van der Waals surface area (Å²) in [5.41, 5.74) is -0.198. The van der Waals surface area contributed by atoms with E-state index in [0.717, 1.165) is 28.2 Å². The number of carbonyl (C=O) groups excluding carboxylic acids is 1. The minimum Gasteiger partial charge on any atom is -0.303 e. The van der Waals surface area contributed by atoms with Gasteiger partial charge < -0.3 is 9.88 Å². The number of thiazole rings is 1. The Morgan fingerprint density at radius 3 is 2.43 bits per heavy atom. The van der Waals surface area contributed by atoms with Crippen LogP contribution >= 0.6 is 46.1 Å². The third kappa shape index (κ3) is 5.22. The Balaban J connectivity index is 2.05. The SMILES string of the molecule is CS(=O)(=O)c1ccn(C(Cc2c(Cl)cccc2Cl)C(=O)Nc2ncc(Cl)s2)c(=O)c1. The average Bonchev–Trinajstić information content (AvgIpc) is 3.06. The second-order valence-electron chi connectivity index (χ2n) is 6.26.